The molecule has 0 spiro atoms. The van der Waals surface area contributed by atoms with Crippen LogP contribution >= 0.6 is 0 Å². The summed E-state index contributed by atoms with van der Waals surface area (Å²) in [6, 6.07) is 0. The maximum atomic E-state index is 0. The first kappa shape index (κ1) is 106. The van der Waals surface area contributed by atoms with Crippen LogP contribution in [0.3, 0.4) is 0 Å². The molecule has 0 bridgehead atoms. The maximum Gasteiger partial charge on any atom is 2.00 e. The van der Waals surface area contributed by atoms with Crippen LogP contribution in [0.25, 0.3) is 0 Å². The normalized spacial score (nSPS) is 0. The molecule has 0 aliphatic carbocycles. The predicted octanol–water partition coefficient (Wildman–Crippen LogP) is -12.9. The van der Waals surface area contributed by atoms with Gasteiger partial charge in [-0.3, -0.25) is 0 Å². The molecule has 0 aliphatic rings. The molecule has 5 heavy (non-hydrogen) atoms. The number of hydrogen-bond acceptors (Lipinski definition) is 0. The Kier molecular flexibility index (Phi) is 1250. The van der Waals surface area contributed by atoms with E-state index in [1.54, 1.807) is 0 Å². The Labute approximate surface area is 61.0 Å². The van der Waals surface area contributed by atoms with Crippen LogP contribution in [0.4, 0.5) is 0 Å². The Morgan fingerprint density at radius 1 is 0.600 bits per heavy atom. The van der Waals surface area contributed by atoms with Gasteiger partial charge in [0.2, 0.25) is 24.0 Å². The van der Waals surface area contributed by atoms with E-state index in [0.29, 0.717) is 0 Å². The first-order valence-corrected chi connectivity index (χ1v) is 0. The quantitative estimate of drug-likeness (QED) is 0.275. The van der Waals surface area contributed by atoms with E-state index in [1.165, 1.54) is 0 Å². The van der Waals surface area contributed by atoms with E-state index in [0.717, 1.165) is 0 Å². The largest absolute Gasteiger partial charge is 2.00 e. The average Bonchev–Trinajstić information content (AvgIpc) is 0. The molecule has 0 rings (SSSR count). The van der Waals surface area contributed by atoms with Crippen LogP contribution in [0.1, 0.15) is 0 Å². The third-order valence-electron chi connectivity index (χ3n) is 0. The predicted molar refractivity (Wildman–Crippen MR) is 8.54 cm³/mol. The summed E-state index contributed by atoms with van der Waals surface area (Å²) in [5.74, 6) is 0. The summed E-state index contributed by atoms with van der Waals surface area (Å²) in [5.41, 5.74) is 0. The molecule has 0 saturated carbocycles. The van der Waals surface area contributed by atoms with Gasteiger partial charge in [0.1, 0.15) is 0 Å². The molecule has 0 heterocycles. The molecule has 0 atom stereocenters. The SMILES string of the molecule is [F-].[F-].[F-].[IH2+].[Mg+2]. The Morgan fingerprint density at radius 2 is 0.600 bits per heavy atom. The zero-order chi connectivity index (χ0) is 0. The van der Waals surface area contributed by atoms with Crippen molar-refractivity contribution < 1.29 is 38.1 Å². The van der Waals surface area contributed by atoms with Crippen molar-refractivity contribution in [1.82, 2.24) is 0 Å². The summed E-state index contributed by atoms with van der Waals surface area (Å²) >= 11 is 0. The number of halogens is 4. The summed E-state index contributed by atoms with van der Waals surface area (Å²) in [7, 11) is 0. The molecule has 5 heteroatoms. The molecule has 0 aliphatic heterocycles. The third-order valence-corrected chi connectivity index (χ3v) is 0. The van der Waals surface area contributed by atoms with Gasteiger partial charge in [-0.2, -0.15) is 0 Å². The summed E-state index contributed by atoms with van der Waals surface area (Å²) in [5, 5.41) is 0. The molecule has 0 unspecified atom stereocenters. The van der Waals surface area contributed by atoms with Crippen LogP contribution in [0.15, 0.2) is 0 Å². The van der Waals surface area contributed by atoms with Crippen molar-refractivity contribution in [3.05, 3.63) is 0 Å². The van der Waals surface area contributed by atoms with E-state index in [2.05, 4.69) is 0 Å². The standard InChI is InChI=1S/3FH.H2I.Mg/h3*1H;1H2;/q;;;+1;+2/p-3. The van der Waals surface area contributed by atoms with Crippen LogP contribution in [0.5, 0.6) is 0 Å². The summed E-state index contributed by atoms with van der Waals surface area (Å²) < 4.78 is 0. The van der Waals surface area contributed by atoms with Crippen molar-refractivity contribution in [2.24, 2.45) is 0 Å². The van der Waals surface area contributed by atoms with Crippen molar-refractivity contribution in [2.75, 3.05) is 0 Å². The monoisotopic (exact) mass is 210 g/mol. The van der Waals surface area contributed by atoms with Gasteiger partial charge in [-0.1, -0.05) is 0 Å². The second-order valence-electron chi connectivity index (χ2n) is 0. The summed E-state index contributed by atoms with van der Waals surface area (Å²) in [6.07, 6.45) is 0. The van der Waals surface area contributed by atoms with Crippen LogP contribution in [-0.4, -0.2) is 23.1 Å². The van der Waals surface area contributed by atoms with Crippen molar-refractivity contribution in [1.29, 1.82) is 0 Å². The fourth-order valence-electron chi connectivity index (χ4n) is 0. The van der Waals surface area contributed by atoms with Gasteiger partial charge in [0, 0.05) is 0 Å². The fraction of sp³-hybridized carbons (Fsp3) is 0. The second kappa shape index (κ2) is 58.7. The van der Waals surface area contributed by atoms with Gasteiger partial charge in [0.05, 0.1) is 0 Å². The third kappa shape index (κ3) is 34.5. The molecule has 32 valence electrons. The Balaban J connectivity index is 0. The van der Waals surface area contributed by atoms with E-state index in [4.69, 9.17) is 0 Å². The van der Waals surface area contributed by atoms with Gasteiger partial charge in [0.25, 0.3) is 0 Å². The van der Waals surface area contributed by atoms with Gasteiger partial charge in [-0.05, 0) is 0 Å². The topological polar surface area (TPSA) is 0 Å². The average molecular weight is 210 g/mol. The summed E-state index contributed by atoms with van der Waals surface area (Å²) in [6.45, 7) is 0. The van der Waals surface area contributed by atoms with E-state index in [9.17, 15) is 0 Å². The van der Waals surface area contributed by atoms with Crippen molar-refractivity contribution in [3.63, 3.8) is 0 Å². The van der Waals surface area contributed by atoms with E-state index in [1.807, 2.05) is 0 Å². The van der Waals surface area contributed by atoms with E-state index < -0.39 is 0 Å². The van der Waals surface area contributed by atoms with Crippen molar-refractivity contribution in [3.8, 4) is 0 Å². The minimum absolute atomic E-state index is 0. The minimum atomic E-state index is 0. The Hall–Kier alpha value is 1.29. The van der Waals surface area contributed by atoms with Crippen LogP contribution in [0.2, 0.25) is 0 Å². The van der Waals surface area contributed by atoms with Crippen LogP contribution in [-0.2, 0) is 0 Å². The first-order chi connectivity index (χ1) is 0. The van der Waals surface area contributed by atoms with Crippen molar-refractivity contribution in [2.45, 2.75) is 0 Å². The molecule has 0 radical (unpaired) electrons. The molecule has 0 nitrogen and oxygen atoms in total. The van der Waals surface area contributed by atoms with Gasteiger partial charge >= 0.3 is 23.1 Å². The molecular formula is H2F3IMg. The van der Waals surface area contributed by atoms with Gasteiger partial charge < -0.3 is 14.1 Å². The second-order valence-corrected chi connectivity index (χ2v) is 0. The number of rotatable bonds is 0. The first-order valence-electron chi connectivity index (χ1n) is 0. The zero-order valence-electron chi connectivity index (χ0n) is 2.29. The zero-order valence-corrected chi connectivity index (χ0v) is 6.26. The van der Waals surface area contributed by atoms with Crippen LogP contribution < -0.4 is 38.1 Å². The molecule has 0 aromatic carbocycles. The molecule has 0 aromatic heterocycles. The Morgan fingerprint density at radius 3 is 0.600 bits per heavy atom. The van der Waals surface area contributed by atoms with E-state index >= 15 is 0 Å². The number of hydrogen-bond donors (Lipinski definition) is 0. The van der Waals surface area contributed by atoms with Gasteiger partial charge in [-0.25, -0.2) is 0 Å². The Bertz CT molecular complexity index is 6.85. The summed E-state index contributed by atoms with van der Waals surface area (Å²) in [4.78, 5) is 0. The molecule has 0 amide bonds. The van der Waals surface area contributed by atoms with E-state index in [-0.39, 0.29) is 61.1 Å². The minimum Gasteiger partial charge on any atom is -1.00 e. The smallest absolute Gasteiger partial charge is 1.00 e. The molecule has 0 aromatic rings. The molecule has 0 fully saturated rings. The maximum absolute atomic E-state index is 0. The van der Waals surface area contributed by atoms with Gasteiger partial charge in [-0.15, -0.1) is 0 Å². The molecule has 0 N–H and O–H groups in total. The molecule has 0 saturated heterocycles. The van der Waals surface area contributed by atoms with Gasteiger partial charge in [0.15, 0.2) is 0 Å². The van der Waals surface area contributed by atoms with Crippen molar-refractivity contribution >= 4 is 23.1 Å². The molecular weight excluding hydrogens is 208 g/mol. The van der Waals surface area contributed by atoms with Crippen LogP contribution in [0, 0.1) is 0 Å². The fourth-order valence-corrected chi connectivity index (χ4v) is 0.